The lowest BCUT2D eigenvalue weighted by Crippen LogP contribution is -2.47. The largest absolute Gasteiger partial charge is 0.354 e. The van der Waals surface area contributed by atoms with Crippen LogP contribution in [0.4, 0.5) is 5.69 Å². The summed E-state index contributed by atoms with van der Waals surface area (Å²) in [4.78, 5) is 28.5. The van der Waals surface area contributed by atoms with Gasteiger partial charge in [0.1, 0.15) is 0 Å². The van der Waals surface area contributed by atoms with Crippen molar-refractivity contribution in [2.45, 2.75) is 25.9 Å². The third-order valence-corrected chi connectivity index (χ3v) is 5.15. The molecule has 2 aliphatic rings. The van der Waals surface area contributed by atoms with Crippen LogP contribution in [0.15, 0.2) is 48.5 Å². The standard InChI is InChI=1S/C21H23N3O2/c1-15-12-18-4-2-3-5-19(18)24(15)21(26)17-8-6-16(7-9-17)13-23-11-10-22-20(25)14-23/h2-9,15H,10-14H2,1H3,(H,22,25)/t15-/m1/s1. The van der Waals surface area contributed by atoms with Crippen molar-refractivity contribution in [3.8, 4) is 0 Å². The van der Waals surface area contributed by atoms with E-state index in [1.165, 1.54) is 5.56 Å². The molecule has 2 aliphatic heterocycles. The van der Waals surface area contributed by atoms with Gasteiger partial charge in [-0.05, 0) is 42.7 Å². The number of rotatable bonds is 3. The molecule has 134 valence electrons. The normalized spacial score (nSPS) is 20.0. The van der Waals surface area contributed by atoms with Crippen molar-refractivity contribution in [2.75, 3.05) is 24.5 Å². The van der Waals surface area contributed by atoms with Crippen molar-refractivity contribution >= 4 is 17.5 Å². The van der Waals surface area contributed by atoms with Gasteiger partial charge in [-0.15, -0.1) is 0 Å². The fourth-order valence-corrected chi connectivity index (χ4v) is 3.85. The van der Waals surface area contributed by atoms with Gasteiger partial charge in [-0.25, -0.2) is 0 Å². The van der Waals surface area contributed by atoms with E-state index < -0.39 is 0 Å². The van der Waals surface area contributed by atoms with E-state index in [1.807, 2.05) is 47.4 Å². The minimum Gasteiger partial charge on any atom is -0.354 e. The highest BCUT2D eigenvalue weighted by atomic mass is 16.2. The lowest BCUT2D eigenvalue weighted by atomic mass is 10.1. The highest BCUT2D eigenvalue weighted by Crippen LogP contribution is 2.33. The first-order valence-corrected chi connectivity index (χ1v) is 9.11. The van der Waals surface area contributed by atoms with Crippen LogP contribution in [0.2, 0.25) is 0 Å². The van der Waals surface area contributed by atoms with E-state index in [-0.39, 0.29) is 17.9 Å². The van der Waals surface area contributed by atoms with Gasteiger partial charge in [0.05, 0.1) is 6.54 Å². The molecule has 0 radical (unpaired) electrons. The topological polar surface area (TPSA) is 52.7 Å². The maximum absolute atomic E-state index is 13.0. The summed E-state index contributed by atoms with van der Waals surface area (Å²) in [5.74, 6) is 0.121. The van der Waals surface area contributed by atoms with Crippen molar-refractivity contribution in [3.05, 3.63) is 65.2 Å². The lowest BCUT2D eigenvalue weighted by molar-refractivity contribution is -0.124. The molecule has 0 bridgehead atoms. The molecule has 1 saturated heterocycles. The maximum atomic E-state index is 13.0. The van der Waals surface area contributed by atoms with Crippen molar-refractivity contribution in [1.82, 2.24) is 10.2 Å². The van der Waals surface area contributed by atoms with E-state index in [9.17, 15) is 9.59 Å². The summed E-state index contributed by atoms with van der Waals surface area (Å²) in [5, 5.41) is 2.83. The predicted octanol–water partition coefficient (Wildman–Crippen LogP) is 2.21. The van der Waals surface area contributed by atoms with Gasteiger partial charge in [0, 0.05) is 36.9 Å². The molecule has 2 aromatic rings. The fourth-order valence-electron chi connectivity index (χ4n) is 3.85. The molecule has 4 rings (SSSR count). The molecule has 5 heteroatoms. The molecule has 1 fully saturated rings. The number of piperazine rings is 1. The highest BCUT2D eigenvalue weighted by Gasteiger charge is 2.31. The SMILES string of the molecule is C[C@@H]1Cc2ccccc2N1C(=O)c1ccc(CN2CCNC(=O)C2)cc1. The van der Waals surface area contributed by atoms with Crippen LogP contribution in [0.3, 0.4) is 0 Å². The van der Waals surface area contributed by atoms with Crippen LogP contribution in [0.5, 0.6) is 0 Å². The second-order valence-electron chi connectivity index (χ2n) is 7.11. The molecule has 2 aromatic carbocycles. The van der Waals surface area contributed by atoms with Gasteiger partial charge >= 0.3 is 0 Å². The molecular formula is C21H23N3O2. The molecule has 2 amide bonds. The van der Waals surface area contributed by atoms with Gasteiger partial charge in [0.2, 0.25) is 5.91 Å². The average Bonchev–Trinajstić information content (AvgIpc) is 2.97. The Balaban J connectivity index is 1.48. The van der Waals surface area contributed by atoms with Crippen LogP contribution in [-0.2, 0) is 17.8 Å². The third kappa shape index (κ3) is 3.22. The van der Waals surface area contributed by atoms with Crippen molar-refractivity contribution in [1.29, 1.82) is 0 Å². The van der Waals surface area contributed by atoms with Gasteiger partial charge in [0.25, 0.3) is 5.91 Å². The van der Waals surface area contributed by atoms with Crippen LogP contribution in [0.1, 0.15) is 28.4 Å². The van der Waals surface area contributed by atoms with Crippen molar-refractivity contribution in [2.24, 2.45) is 0 Å². The molecule has 1 atom stereocenters. The number of amides is 2. The average molecular weight is 349 g/mol. The van der Waals surface area contributed by atoms with Crippen LogP contribution >= 0.6 is 0 Å². The molecule has 5 nitrogen and oxygen atoms in total. The Labute approximate surface area is 153 Å². The van der Waals surface area contributed by atoms with E-state index in [0.717, 1.165) is 30.8 Å². The summed E-state index contributed by atoms with van der Waals surface area (Å²) in [6.45, 7) is 4.80. The first-order chi connectivity index (χ1) is 12.6. The fraction of sp³-hybridized carbons (Fsp3) is 0.333. The Hall–Kier alpha value is -2.66. The van der Waals surface area contributed by atoms with Crippen LogP contribution in [0.25, 0.3) is 0 Å². The second kappa shape index (κ2) is 6.92. The molecular weight excluding hydrogens is 326 g/mol. The van der Waals surface area contributed by atoms with Gasteiger partial charge in [0.15, 0.2) is 0 Å². The first kappa shape index (κ1) is 16.8. The molecule has 0 spiro atoms. The van der Waals surface area contributed by atoms with E-state index in [4.69, 9.17) is 0 Å². The number of hydrogen-bond donors (Lipinski definition) is 1. The lowest BCUT2D eigenvalue weighted by Gasteiger charge is -2.26. The van der Waals surface area contributed by atoms with Crippen LogP contribution in [-0.4, -0.2) is 42.4 Å². The van der Waals surface area contributed by atoms with E-state index in [2.05, 4.69) is 23.2 Å². The minimum absolute atomic E-state index is 0.0475. The zero-order valence-electron chi connectivity index (χ0n) is 14.9. The molecule has 0 unspecified atom stereocenters. The molecule has 1 N–H and O–H groups in total. The van der Waals surface area contributed by atoms with E-state index >= 15 is 0 Å². The van der Waals surface area contributed by atoms with E-state index in [1.54, 1.807) is 0 Å². The summed E-state index contributed by atoms with van der Waals surface area (Å²) in [6, 6.07) is 16.1. The number of benzene rings is 2. The number of anilines is 1. The molecule has 0 aromatic heterocycles. The highest BCUT2D eigenvalue weighted by molar-refractivity contribution is 6.07. The molecule has 0 saturated carbocycles. The molecule has 26 heavy (non-hydrogen) atoms. The third-order valence-electron chi connectivity index (χ3n) is 5.15. The van der Waals surface area contributed by atoms with Gasteiger partial charge in [-0.3, -0.25) is 14.5 Å². The quantitative estimate of drug-likeness (QED) is 0.924. The Kier molecular flexibility index (Phi) is 4.47. The predicted molar refractivity (Wildman–Crippen MR) is 101 cm³/mol. The first-order valence-electron chi connectivity index (χ1n) is 9.11. The monoisotopic (exact) mass is 349 g/mol. The van der Waals surface area contributed by atoms with Crippen LogP contribution in [0, 0.1) is 0 Å². The summed E-state index contributed by atoms with van der Waals surface area (Å²) in [7, 11) is 0. The Morgan fingerprint density at radius 2 is 1.92 bits per heavy atom. The zero-order valence-corrected chi connectivity index (χ0v) is 14.9. The smallest absolute Gasteiger partial charge is 0.258 e. The molecule has 2 heterocycles. The number of para-hydroxylation sites is 1. The minimum atomic E-state index is 0.0475. The number of nitrogens with one attached hydrogen (secondary N) is 1. The number of fused-ring (bicyclic) bond motifs is 1. The molecule has 0 aliphatic carbocycles. The summed E-state index contributed by atoms with van der Waals surface area (Å²) < 4.78 is 0. The van der Waals surface area contributed by atoms with Crippen molar-refractivity contribution < 1.29 is 9.59 Å². The van der Waals surface area contributed by atoms with Crippen LogP contribution < -0.4 is 10.2 Å². The Morgan fingerprint density at radius 1 is 1.15 bits per heavy atom. The summed E-state index contributed by atoms with van der Waals surface area (Å²) in [5.41, 5.74) is 4.07. The Bertz CT molecular complexity index is 831. The number of nitrogens with zero attached hydrogens (tertiary/aromatic N) is 2. The zero-order chi connectivity index (χ0) is 18.1. The van der Waals surface area contributed by atoms with Crippen molar-refractivity contribution in [3.63, 3.8) is 0 Å². The van der Waals surface area contributed by atoms with E-state index in [0.29, 0.717) is 18.7 Å². The summed E-state index contributed by atoms with van der Waals surface area (Å²) in [6.07, 6.45) is 0.900. The Morgan fingerprint density at radius 3 is 2.69 bits per heavy atom. The summed E-state index contributed by atoms with van der Waals surface area (Å²) >= 11 is 0. The number of carbonyl (C=O) groups is 2. The van der Waals surface area contributed by atoms with Gasteiger partial charge < -0.3 is 10.2 Å². The second-order valence-corrected chi connectivity index (χ2v) is 7.11. The van der Waals surface area contributed by atoms with Gasteiger partial charge in [-0.1, -0.05) is 30.3 Å². The maximum Gasteiger partial charge on any atom is 0.258 e. The number of hydrogen-bond acceptors (Lipinski definition) is 3. The number of carbonyl (C=O) groups excluding carboxylic acids is 2. The van der Waals surface area contributed by atoms with Gasteiger partial charge in [-0.2, -0.15) is 0 Å².